The van der Waals surface area contributed by atoms with Crippen LogP contribution in [0.25, 0.3) is 10.8 Å². The van der Waals surface area contributed by atoms with Crippen molar-refractivity contribution in [3.8, 4) is 5.75 Å². The van der Waals surface area contributed by atoms with Crippen LogP contribution in [0.5, 0.6) is 5.75 Å². The molecule has 158 valence electrons. The monoisotopic (exact) mass is 491 g/mol. The summed E-state index contributed by atoms with van der Waals surface area (Å²) in [5, 5.41) is 25.5. The smallest absolute Gasteiger partial charge is 0.294 e. The maximum Gasteiger partial charge on any atom is 0.294 e. The average molecular weight is 492 g/mol. The number of hydrogen-bond donors (Lipinski definition) is 4. The molecular weight excluding hydrogens is 481 g/mol. The molecule has 0 bridgehead atoms. The first-order valence-corrected chi connectivity index (χ1v) is 10.7. The number of fused-ring (bicyclic) bond motifs is 1. The van der Waals surface area contributed by atoms with Gasteiger partial charge in [-0.15, -0.1) is 4.33 Å². The highest BCUT2D eigenvalue weighted by Gasteiger charge is 2.18. The Bertz CT molecular complexity index is 1250. The summed E-state index contributed by atoms with van der Waals surface area (Å²) in [5.74, 6) is -1.12. The second-order valence-corrected chi connectivity index (χ2v) is 8.81. The van der Waals surface area contributed by atoms with Gasteiger partial charge in [0.05, 0.1) is 32.7 Å². The number of amides is 1. The number of rotatable bonds is 6. The largest absolute Gasteiger partial charge is 0.507 e. The number of carbonyl (C=O) groups is 1. The Morgan fingerprint density at radius 1 is 1.07 bits per heavy atom. The highest BCUT2D eigenvalue weighted by molar-refractivity contribution is 7.94. The van der Waals surface area contributed by atoms with Crippen LogP contribution in [0.3, 0.4) is 0 Å². The molecule has 30 heavy (non-hydrogen) atoms. The minimum Gasteiger partial charge on any atom is -0.507 e. The fourth-order valence-corrected chi connectivity index (χ4v) is 3.91. The van der Waals surface area contributed by atoms with Crippen LogP contribution in [0.15, 0.2) is 52.3 Å². The molecule has 0 aliphatic rings. The van der Waals surface area contributed by atoms with Gasteiger partial charge in [0, 0.05) is 21.9 Å². The predicted molar refractivity (Wildman–Crippen MR) is 110 cm³/mol. The SMILES string of the molecule is O=C(Nc1cc(SOOO)cc2cc(S(=O)(=O)O)cc(O)c12)c1ccc(Cl)c(Cl)c1. The summed E-state index contributed by atoms with van der Waals surface area (Å²) in [6, 6.07) is 8.90. The van der Waals surface area contributed by atoms with E-state index >= 15 is 0 Å². The highest BCUT2D eigenvalue weighted by atomic mass is 35.5. The molecule has 0 radical (unpaired) electrons. The van der Waals surface area contributed by atoms with Crippen molar-refractivity contribution in [2.75, 3.05) is 5.32 Å². The summed E-state index contributed by atoms with van der Waals surface area (Å²) in [5.41, 5.74) is 0.242. The van der Waals surface area contributed by atoms with Crippen LogP contribution in [-0.2, 0) is 19.5 Å². The Hall–Kier alpha value is -2.09. The Morgan fingerprint density at radius 2 is 1.80 bits per heavy atom. The van der Waals surface area contributed by atoms with E-state index in [0.717, 1.165) is 12.1 Å². The predicted octanol–water partition coefficient (Wildman–Crippen LogP) is 4.78. The molecule has 0 aromatic heterocycles. The number of anilines is 1. The van der Waals surface area contributed by atoms with Crippen molar-refractivity contribution in [1.82, 2.24) is 0 Å². The molecule has 0 spiro atoms. The molecule has 0 saturated heterocycles. The van der Waals surface area contributed by atoms with Gasteiger partial charge < -0.3 is 10.4 Å². The summed E-state index contributed by atoms with van der Waals surface area (Å²) in [6.07, 6.45) is 0. The quantitative estimate of drug-likeness (QED) is 0.165. The molecule has 13 heteroatoms. The molecule has 3 rings (SSSR count). The summed E-state index contributed by atoms with van der Waals surface area (Å²) in [4.78, 5) is 12.3. The molecular formula is C17H11Cl2NO8S2. The zero-order valence-corrected chi connectivity index (χ0v) is 17.6. The van der Waals surface area contributed by atoms with Crippen LogP contribution in [0.2, 0.25) is 10.0 Å². The van der Waals surface area contributed by atoms with Gasteiger partial charge >= 0.3 is 0 Å². The molecule has 0 fully saturated rings. The zero-order valence-electron chi connectivity index (χ0n) is 14.5. The van der Waals surface area contributed by atoms with Crippen molar-refractivity contribution in [1.29, 1.82) is 0 Å². The van der Waals surface area contributed by atoms with Gasteiger partial charge in [0.15, 0.2) is 0 Å². The second kappa shape index (κ2) is 8.96. The minimum atomic E-state index is -4.61. The van der Waals surface area contributed by atoms with Crippen LogP contribution in [0.1, 0.15) is 10.4 Å². The molecule has 1 amide bonds. The average Bonchev–Trinajstić information content (AvgIpc) is 2.67. The molecule has 0 aliphatic heterocycles. The van der Waals surface area contributed by atoms with Crippen LogP contribution in [0.4, 0.5) is 5.69 Å². The fourth-order valence-electron chi connectivity index (χ4n) is 2.62. The topological polar surface area (TPSA) is 142 Å². The summed E-state index contributed by atoms with van der Waals surface area (Å²) < 4.78 is 36.6. The lowest BCUT2D eigenvalue weighted by molar-refractivity contribution is -0.432. The van der Waals surface area contributed by atoms with Crippen LogP contribution in [0, 0.1) is 0 Å². The lowest BCUT2D eigenvalue weighted by atomic mass is 10.1. The lowest BCUT2D eigenvalue weighted by Gasteiger charge is -2.13. The van der Waals surface area contributed by atoms with E-state index < -0.39 is 26.7 Å². The van der Waals surface area contributed by atoms with Crippen molar-refractivity contribution in [2.45, 2.75) is 9.79 Å². The Balaban J connectivity index is 2.13. The number of phenols is 1. The Labute approximate surface area is 183 Å². The van der Waals surface area contributed by atoms with E-state index in [1.54, 1.807) is 0 Å². The van der Waals surface area contributed by atoms with Crippen molar-refractivity contribution in [3.63, 3.8) is 0 Å². The van der Waals surface area contributed by atoms with E-state index in [1.165, 1.54) is 30.3 Å². The summed E-state index contributed by atoms with van der Waals surface area (Å²) >= 11 is 12.3. The van der Waals surface area contributed by atoms with Gasteiger partial charge in [-0.2, -0.15) is 8.42 Å². The van der Waals surface area contributed by atoms with E-state index in [4.69, 9.17) is 28.5 Å². The summed E-state index contributed by atoms with van der Waals surface area (Å²) in [7, 11) is -4.61. The van der Waals surface area contributed by atoms with Crippen molar-refractivity contribution < 1.29 is 37.5 Å². The molecule has 0 atom stereocenters. The molecule has 0 aliphatic carbocycles. The van der Waals surface area contributed by atoms with Crippen LogP contribution >= 0.6 is 35.2 Å². The molecule has 4 N–H and O–H groups in total. The molecule has 3 aromatic rings. The van der Waals surface area contributed by atoms with E-state index in [2.05, 4.69) is 14.7 Å². The van der Waals surface area contributed by atoms with Gasteiger partial charge in [-0.1, -0.05) is 28.2 Å². The van der Waals surface area contributed by atoms with Gasteiger partial charge in [-0.05, 0) is 41.8 Å². The third kappa shape index (κ3) is 4.96. The molecule has 0 saturated carbocycles. The first-order chi connectivity index (χ1) is 14.1. The van der Waals surface area contributed by atoms with Gasteiger partial charge in [0.2, 0.25) is 0 Å². The lowest BCUT2D eigenvalue weighted by Crippen LogP contribution is -2.12. The Morgan fingerprint density at radius 3 is 2.43 bits per heavy atom. The zero-order chi connectivity index (χ0) is 22.1. The number of benzene rings is 3. The highest BCUT2D eigenvalue weighted by Crippen LogP contribution is 2.38. The van der Waals surface area contributed by atoms with Gasteiger partial charge in [0.1, 0.15) is 5.75 Å². The van der Waals surface area contributed by atoms with Crippen LogP contribution < -0.4 is 5.32 Å². The summed E-state index contributed by atoms with van der Waals surface area (Å²) in [6.45, 7) is 0. The first kappa shape index (κ1) is 22.6. The molecule has 9 nitrogen and oxygen atoms in total. The molecule has 0 heterocycles. The fraction of sp³-hybridized carbons (Fsp3) is 0. The van der Waals surface area contributed by atoms with Crippen molar-refractivity contribution >= 4 is 67.7 Å². The number of carbonyl (C=O) groups excluding carboxylic acids is 1. The van der Waals surface area contributed by atoms with Gasteiger partial charge in [0.25, 0.3) is 16.0 Å². The van der Waals surface area contributed by atoms with Crippen LogP contribution in [-0.4, -0.2) is 29.2 Å². The van der Waals surface area contributed by atoms with E-state index in [0.29, 0.717) is 12.0 Å². The van der Waals surface area contributed by atoms with Gasteiger partial charge in [-0.25, -0.2) is 5.26 Å². The normalized spacial score (nSPS) is 11.6. The van der Waals surface area contributed by atoms with E-state index in [9.17, 15) is 22.9 Å². The van der Waals surface area contributed by atoms with Crippen molar-refractivity contribution in [3.05, 3.63) is 58.1 Å². The van der Waals surface area contributed by atoms with E-state index in [-0.39, 0.29) is 37.0 Å². The molecule has 3 aromatic carbocycles. The number of nitrogens with one attached hydrogen (secondary N) is 1. The Kier molecular flexibility index (Phi) is 6.75. The third-order valence-corrected chi connectivity index (χ3v) is 5.99. The number of aromatic hydroxyl groups is 1. The third-order valence-electron chi connectivity index (χ3n) is 3.86. The van der Waals surface area contributed by atoms with Crippen molar-refractivity contribution in [2.24, 2.45) is 0 Å². The standard InChI is InChI=1S/C17H11Cl2NO8S2/c18-12-2-1-8(5-13(12)19)17(22)20-14-6-10(29-28-27-23)3-9-4-11(30(24,25)26)7-15(21)16(9)14/h1-7,21,23H,(H,20,22)(H,24,25,26). The molecule has 0 unspecified atom stereocenters. The number of phenolic OH excluding ortho intramolecular Hbond substituents is 1. The van der Waals surface area contributed by atoms with Gasteiger partial charge in [-0.3, -0.25) is 9.35 Å². The maximum absolute atomic E-state index is 12.7. The first-order valence-electron chi connectivity index (χ1n) is 7.79. The second-order valence-electron chi connectivity index (χ2n) is 5.80. The minimum absolute atomic E-state index is 0.0759. The number of halogens is 2. The maximum atomic E-state index is 12.7. The van der Waals surface area contributed by atoms with E-state index in [1.807, 2.05) is 0 Å². The number of hydrogen-bond acceptors (Lipinski definition) is 8.